The highest BCUT2D eigenvalue weighted by Crippen LogP contribution is 2.08. The minimum absolute atomic E-state index is 0.108. The summed E-state index contributed by atoms with van der Waals surface area (Å²) in [5.74, 6) is -0.108. The number of nitrogens with one attached hydrogen (secondary N) is 1. The molecule has 0 spiro atoms. The maximum Gasteiger partial charge on any atom is 0.243 e. The molecule has 1 amide bonds. The molecule has 112 valence electrons. The van der Waals surface area contributed by atoms with Crippen molar-refractivity contribution < 1.29 is 23.5 Å². The van der Waals surface area contributed by atoms with Gasteiger partial charge in [0.2, 0.25) is 5.91 Å². The quantitative estimate of drug-likeness (QED) is 0.446. The molecule has 0 aliphatic rings. The number of carbonyl (C=O) groups excluding carboxylic acids is 1. The maximum absolute atomic E-state index is 10.4. The minimum Gasteiger partial charge on any atom is -0.744 e. The molecule has 6 nitrogen and oxygen atoms in total. The zero-order valence-electron chi connectivity index (χ0n) is 11.5. The van der Waals surface area contributed by atoms with Crippen LogP contribution in [0.3, 0.4) is 0 Å². The van der Waals surface area contributed by atoms with Crippen LogP contribution in [0.2, 0.25) is 0 Å². The van der Waals surface area contributed by atoms with E-state index in [0.717, 1.165) is 18.5 Å². The van der Waals surface area contributed by atoms with Gasteiger partial charge in [0.05, 0.1) is 11.4 Å². The van der Waals surface area contributed by atoms with Crippen LogP contribution in [0.1, 0.15) is 12.0 Å². The number of amides is 1. The van der Waals surface area contributed by atoms with Gasteiger partial charge in [-0.3, -0.25) is 4.79 Å². The first-order chi connectivity index (χ1) is 9.31. The molecule has 1 aromatic rings. The van der Waals surface area contributed by atoms with Crippen LogP contribution in [0.5, 0.6) is 0 Å². The van der Waals surface area contributed by atoms with E-state index in [1.54, 1.807) is 12.1 Å². The van der Waals surface area contributed by atoms with E-state index in [2.05, 4.69) is 17.6 Å². The summed E-state index contributed by atoms with van der Waals surface area (Å²) in [6.45, 7) is 6.69. The van der Waals surface area contributed by atoms with E-state index in [1.165, 1.54) is 18.2 Å². The fourth-order valence-corrected chi connectivity index (χ4v) is 1.58. The molecule has 20 heavy (non-hydrogen) atoms. The summed E-state index contributed by atoms with van der Waals surface area (Å²) in [5.41, 5.74) is 4.56. The van der Waals surface area contributed by atoms with Crippen molar-refractivity contribution in [2.75, 3.05) is 13.1 Å². The highest BCUT2D eigenvalue weighted by molar-refractivity contribution is 7.85. The van der Waals surface area contributed by atoms with Crippen molar-refractivity contribution in [1.29, 1.82) is 0 Å². The van der Waals surface area contributed by atoms with Gasteiger partial charge in [-0.2, -0.15) is 0 Å². The van der Waals surface area contributed by atoms with Gasteiger partial charge in [-0.1, -0.05) is 24.3 Å². The standard InChI is InChI=1S/C7H8O3S.C6H12N2O/c1-6-2-4-7(5-3-6)11(8,9)10;1-2-6(9)8-5-3-4-7/h2-5H,1H3,(H,8,9,10);2H,1,3-5,7H2,(H,8,9). The smallest absolute Gasteiger partial charge is 0.243 e. The molecule has 0 heterocycles. The molecule has 0 saturated carbocycles. The van der Waals surface area contributed by atoms with Crippen LogP contribution < -0.4 is 11.1 Å². The van der Waals surface area contributed by atoms with Gasteiger partial charge >= 0.3 is 0 Å². The molecule has 0 saturated heterocycles. The van der Waals surface area contributed by atoms with Crippen LogP contribution in [0.4, 0.5) is 0 Å². The molecule has 0 aliphatic carbocycles. The van der Waals surface area contributed by atoms with Crippen LogP contribution in [-0.2, 0) is 14.9 Å². The Hall–Kier alpha value is -1.70. The van der Waals surface area contributed by atoms with E-state index < -0.39 is 10.1 Å². The lowest BCUT2D eigenvalue weighted by atomic mass is 10.2. The second-order valence-corrected chi connectivity index (χ2v) is 5.35. The molecule has 0 unspecified atom stereocenters. The van der Waals surface area contributed by atoms with Crippen molar-refractivity contribution in [3.63, 3.8) is 0 Å². The number of quaternary nitrogens is 1. The summed E-state index contributed by atoms with van der Waals surface area (Å²) in [5, 5.41) is 2.64. The molecule has 0 aromatic heterocycles. The summed E-state index contributed by atoms with van der Waals surface area (Å²) in [6, 6.07) is 5.78. The van der Waals surface area contributed by atoms with Crippen molar-refractivity contribution in [2.45, 2.75) is 18.2 Å². The molecule has 0 fully saturated rings. The molecular formula is C13H20N2O4S. The van der Waals surface area contributed by atoms with Gasteiger partial charge in [0.1, 0.15) is 10.1 Å². The Morgan fingerprint density at radius 3 is 2.35 bits per heavy atom. The highest BCUT2D eigenvalue weighted by Gasteiger charge is 1.97. The number of rotatable bonds is 5. The van der Waals surface area contributed by atoms with E-state index in [-0.39, 0.29) is 10.8 Å². The Balaban J connectivity index is 0.000000370. The number of carbonyl (C=O) groups is 1. The van der Waals surface area contributed by atoms with Crippen molar-refractivity contribution in [2.24, 2.45) is 0 Å². The SMILES string of the molecule is C=CC(=O)NCCC[NH3+].Cc1ccc(S(=O)(=O)[O-])cc1. The van der Waals surface area contributed by atoms with Gasteiger partial charge in [-0.25, -0.2) is 8.42 Å². The van der Waals surface area contributed by atoms with Crippen LogP contribution in [0, 0.1) is 6.92 Å². The van der Waals surface area contributed by atoms with Gasteiger partial charge in [-0.15, -0.1) is 0 Å². The lowest BCUT2D eigenvalue weighted by Crippen LogP contribution is -2.51. The molecule has 1 rings (SSSR count). The third-order valence-corrected chi connectivity index (χ3v) is 3.07. The Morgan fingerprint density at radius 1 is 1.40 bits per heavy atom. The molecule has 0 atom stereocenters. The fourth-order valence-electron chi connectivity index (χ4n) is 1.11. The van der Waals surface area contributed by atoms with Gasteiger partial charge in [0, 0.05) is 13.0 Å². The molecule has 0 aliphatic heterocycles. The lowest BCUT2D eigenvalue weighted by molar-refractivity contribution is -0.367. The average molecular weight is 300 g/mol. The first-order valence-corrected chi connectivity index (χ1v) is 7.44. The third-order valence-electron chi connectivity index (χ3n) is 2.22. The zero-order valence-corrected chi connectivity index (χ0v) is 12.3. The molecule has 7 heteroatoms. The molecular weight excluding hydrogens is 280 g/mol. The van der Waals surface area contributed by atoms with Crippen LogP contribution in [-0.4, -0.2) is 32.0 Å². The number of hydrogen-bond donors (Lipinski definition) is 2. The predicted molar refractivity (Wildman–Crippen MR) is 74.7 cm³/mol. The Morgan fingerprint density at radius 2 is 1.95 bits per heavy atom. The largest absolute Gasteiger partial charge is 0.744 e. The van der Waals surface area contributed by atoms with E-state index in [1.807, 2.05) is 6.92 Å². The molecule has 0 bridgehead atoms. The Bertz CT molecular complexity index is 524. The zero-order chi connectivity index (χ0) is 15.6. The van der Waals surface area contributed by atoms with Gasteiger partial charge < -0.3 is 15.6 Å². The Labute approximate surface area is 119 Å². The maximum atomic E-state index is 10.4. The number of aryl methyl sites for hydroxylation is 1. The van der Waals surface area contributed by atoms with E-state index in [9.17, 15) is 17.8 Å². The monoisotopic (exact) mass is 300 g/mol. The van der Waals surface area contributed by atoms with Gasteiger partial charge in [-0.05, 0) is 25.1 Å². The van der Waals surface area contributed by atoms with E-state index in [4.69, 9.17) is 0 Å². The van der Waals surface area contributed by atoms with Crippen LogP contribution >= 0.6 is 0 Å². The molecule has 1 aromatic carbocycles. The number of benzene rings is 1. The Kier molecular flexibility index (Phi) is 8.46. The first kappa shape index (κ1) is 18.3. The van der Waals surface area contributed by atoms with Crippen molar-refractivity contribution in [3.8, 4) is 0 Å². The van der Waals surface area contributed by atoms with Crippen LogP contribution in [0.25, 0.3) is 0 Å². The van der Waals surface area contributed by atoms with Crippen molar-refractivity contribution in [1.82, 2.24) is 5.32 Å². The molecule has 0 radical (unpaired) electrons. The fraction of sp³-hybridized carbons (Fsp3) is 0.308. The summed E-state index contributed by atoms with van der Waals surface area (Å²) < 4.78 is 31.2. The van der Waals surface area contributed by atoms with Crippen molar-refractivity contribution >= 4 is 16.0 Å². The summed E-state index contributed by atoms with van der Waals surface area (Å²) >= 11 is 0. The van der Waals surface area contributed by atoms with E-state index >= 15 is 0 Å². The predicted octanol–water partition coefficient (Wildman–Crippen LogP) is -0.180. The summed E-state index contributed by atoms with van der Waals surface area (Å²) in [4.78, 5) is 10.3. The average Bonchev–Trinajstić information content (AvgIpc) is 2.39. The highest BCUT2D eigenvalue weighted by atomic mass is 32.2. The molecule has 4 N–H and O–H groups in total. The topological polar surface area (TPSA) is 114 Å². The normalized spacial score (nSPS) is 10.2. The summed E-state index contributed by atoms with van der Waals surface area (Å²) in [6.07, 6.45) is 2.20. The third kappa shape index (κ3) is 8.41. The summed E-state index contributed by atoms with van der Waals surface area (Å²) in [7, 11) is -4.27. The van der Waals surface area contributed by atoms with Crippen LogP contribution in [0.15, 0.2) is 41.8 Å². The second kappa shape index (κ2) is 9.24. The lowest BCUT2D eigenvalue weighted by Gasteiger charge is -2.05. The number of hydrogen-bond acceptors (Lipinski definition) is 4. The van der Waals surface area contributed by atoms with Gasteiger partial charge in [0.15, 0.2) is 0 Å². The second-order valence-electron chi connectivity index (χ2n) is 3.97. The van der Waals surface area contributed by atoms with Gasteiger partial charge in [0.25, 0.3) is 0 Å². The van der Waals surface area contributed by atoms with E-state index in [0.29, 0.717) is 6.54 Å². The minimum atomic E-state index is -4.27. The first-order valence-electron chi connectivity index (χ1n) is 6.03. The van der Waals surface area contributed by atoms with Crippen molar-refractivity contribution in [3.05, 3.63) is 42.5 Å².